The zero-order valence-corrected chi connectivity index (χ0v) is 7.80. The molecule has 0 aromatic rings. The van der Waals surface area contributed by atoms with Crippen LogP contribution in [0, 0.1) is 0 Å². The van der Waals surface area contributed by atoms with Crippen molar-refractivity contribution < 1.29 is 19.2 Å². The molecule has 2 rings (SSSR count). The summed E-state index contributed by atoms with van der Waals surface area (Å²) in [4.78, 5) is 45.3. The van der Waals surface area contributed by atoms with Crippen LogP contribution in [0.3, 0.4) is 0 Å². The van der Waals surface area contributed by atoms with Crippen LogP contribution >= 0.6 is 0 Å². The first-order valence-electron chi connectivity index (χ1n) is 4.53. The van der Waals surface area contributed by atoms with Crippen molar-refractivity contribution in [3.8, 4) is 0 Å². The molecule has 15 heavy (non-hydrogen) atoms. The number of nitrogens with zero attached hydrogens (tertiary/aromatic N) is 2. The second-order valence-electron chi connectivity index (χ2n) is 3.27. The number of rotatable bonds is 1. The molecule has 2 aliphatic heterocycles. The van der Waals surface area contributed by atoms with E-state index in [1.165, 1.54) is 0 Å². The summed E-state index contributed by atoms with van der Waals surface area (Å²) < 4.78 is 0. The number of piperidine rings is 1. The minimum Gasteiger partial charge on any atom is -0.273 e. The van der Waals surface area contributed by atoms with Gasteiger partial charge in [-0.05, 0) is 6.42 Å². The van der Waals surface area contributed by atoms with E-state index in [0.29, 0.717) is 16.4 Å². The van der Waals surface area contributed by atoms with Crippen LogP contribution in [0.15, 0.2) is 12.2 Å². The van der Waals surface area contributed by atoms with Crippen molar-refractivity contribution in [3.63, 3.8) is 0 Å². The Labute approximate surface area is 85.1 Å². The third-order valence-corrected chi connectivity index (χ3v) is 2.24. The molecule has 1 saturated heterocycles. The van der Waals surface area contributed by atoms with Crippen LogP contribution in [0.5, 0.6) is 0 Å². The van der Waals surface area contributed by atoms with Crippen molar-refractivity contribution in [1.82, 2.24) is 10.0 Å². The van der Waals surface area contributed by atoms with Crippen molar-refractivity contribution in [2.45, 2.75) is 19.3 Å². The number of amides is 4. The lowest BCUT2D eigenvalue weighted by atomic mass is 10.1. The van der Waals surface area contributed by atoms with Gasteiger partial charge in [-0.15, -0.1) is 0 Å². The SMILES string of the molecule is O=C1C=CC(=O)N1N1C(=O)CCCC1=O. The van der Waals surface area contributed by atoms with Crippen LogP contribution in [0.1, 0.15) is 19.3 Å². The van der Waals surface area contributed by atoms with E-state index < -0.39 is 23.6 Å². The molecule has 0 unspecified atom stereocenters. The van der Waals surface area contributed by atoms with E-state index in [0.717, 1.165) is 12.2 Å². The molecular weight excluding hydrogens is 200 g/mol. The van der Waals surface area contributed by atoms with Gasteiger partial charge in [-0.25, -0.2) is 0 Å². The lowest BCUT2D eigenvalue weighted by Gasteiger charge is -2.30. The van der Waals surface area contributed by atoms with Crippen molar-refractivity contribution in [1.29, 1.82) is 0 Å². The Hall–Kier alpha value is -1.98. The van der Waals surface area contributed by atoms with Crippen LogP contribution in [0.2, 0.25) is 0 Å². The monoisotopic (exact) mass is 208 g/mol. The molecule has 0 aromatic carbocycles. The molecule has 1 fully saturated rings. The number of hydrazine groups is 1. The molecule has 78 valence electrons. The molecule has 0 aliphatic carbocycles. The topological polar surface area (TPSA) is 74.8 Å². The second-order valence-corrected chi connectivity index (χ2v) is 3.27. The lowest BCUT2D eigenvalue weighted by Crippen LogP contribution is -2.54. The summed E-state index contributed by atoms with van der Waals surface area (Å²) in [6, 6.07) is 0. The molecule has 0 spiro atoms. The van der Waals surface area contributed by atoms with Gasteiger partial charge in [-0.3, -0.25) is 19.2 Å². The highest BCUT2D eigenvalue weighted by Crippen LogP contribution is 2.17. The Morgan fingerprint density at radius 1 is 0.800 bits per heavy atom. The Kier molecular flexibility index (Phi) is 2.11. The third kappa shape index (κ3) is 1.43. The maximum Gasteiger partial charge on any atom is 0.273 e. The average molecular weight is 208 g/mol. The fourth-order valence-corrected chi connectivity index (χ4v) is 1.55. The molecule has 4 amide bonds. The highest BCUT2D eigenvalue weighted by atomic mass is 16.2. The zero-order valence-electron chi connectivity index (χ0n) is 7.80. The molecule has 6 nitrogen and oxygen atoms in total. The third-order valence-electron chi connectivity index (χ3n) is 2.24. The lowest BCUT2D eigenvalue weighted by molar-refractivity contribution is -0.177. The quantitative estimate of drug-likeness (QED) is 0.537. The van der Waals surface area contributed by atoms with E-state index in [1.807, 2.05) is 0 Å². The van der Waals surface area contributed by atoms with Gasteiger partial charge < -0.3 is 0 Å². The van der Waals surface area contributed by atoms with Gasteiger partial charge in [0.15, 0.2) is 0 Å². The van der Waals surface area contributed by atoms with Crippen LogP contribution in [0.4, 0.5) is 0 Å². The molecule has 0 aromatic heterocycles. The van der Waals surface area contributed by atoms with Gasteiger partial charge in [0.1, 0.15) is 0 Å². The van der Waals surface area contributed by atoms with Crippen molar-refractivity contribution >= 4 is 23.6 Å². The molecule has 0 bridgehead atoms. The van der Waals surface area contributed by atoms with Crippen molar-refractivity contribution in [3.05, 3.63) is 12.2 Å². The zero-order chi connectivity index (χ0) is 11.0. The summed E-state index contributed by atoms with van der Waals surface area (Å²) in [5, 5.41) is 1.23. The summed E-state index contributed by atoms with van der Waals surface area (Å²) in [5.74, 6) is -2.31. The van der Waals surface area contributed by atoms with Crippen LogP contribution < -0.4 is 0 Å². The van der Waals surface area contributed by atoms with Gasteiger partial charge in [-0.2, -0.15) is 10.0 Å². The van der Waals surface area contributed by atoms with Crippen molar-refractivity contribution in [2.24, 2.45) is 0 Å². The molecule has 0 N–H and O–H groups in total. The van der Waals surface area contributed by atoms with Gasteiger partial charge in [0.25, 0.3) is 11.8 Å². The summed E-state index contributed by atoms with van der Waals surface area (Å²) in [6.07, 6.45) is 2.92. The van der Waals surface area contributed by atoms with E-state index in [9.17, 15) is 19.2 Å². The minimum atomic E-state index is -0.649. The summed E-state index contributed by atoms with van der Waals surface area (Å²) in [7, 11) is 0. The first-order valence-corrected chi connectivity index (χ1v) is 4.53. The maximum absolute atomic E-state index is 11.4. The summed E-state index contributed by atoms with van der Waals surface area (Å²) >= 11 is 0. The molecule has 0 saturated carbocycles. The predicted molar refractivity (Wildman–Crippen MR) is 46.7 cm³/mol. The van der Waals surface area contributed by atoms with Crippen LogP contribution in [-0.4, -0.2) is 33.6 Å². The average Bonchev–Trinajstić information content (AvgIpc) is 2.49. The molecular formula is C9H8N2O4. The number of imide groups is 2. The summed E-state index contributed by atoms with van der Waals surface area (Å²) in [6.45, 7) is 0. The highest BCUT2D eigenvalue weighted by Gasteiger charge is 2.38. The van der Waals surface area contributed by atoms with Gasteiger partial charge >= 0.3 is 0 Å². The molecule has 0 atom stereocenters. The van der Waals surface area contributed by atoms with Crippen LogP contribution in [-0.2, 0) is 19.2 Å². The van der Waals surface area contributed by atoms with E-state index in [-0.39, 0.29) is 12.8 Å². The maximum atomic E-state index is 11.4. The van der Waals surface area contributed by atoms with Gasteiger partial charge in [-0.1, -0.05) is 0 Å². The van der Waals surface area contributed by atoms with Crippen LogP contribution in [0.25, 0.3) is 0 Å². The number of hydrogen-bond acceptors (Lipinski definition) is 4. The molecule has 2 aliphatic rings. The standard InChI is InChI=1S/C9H8N2O4/c12-6-2-1-3-7(13)10(6)11-8(14)4-5-9(11)15/h4-5H,1-3H2. The van der Waals surface area contributed by atoms with E-state index in [1.54, 1.807) is 0 Å². The van der Waals surface area contributed by atoms with Gasteiger partial charge in [0, 0.05) is 25.0 Å². The summed E-state index contributed by atoms with van der Waals surface area (Å²) in [5.41, 5.74) is 0. The highest BCUT2D eigenvalue weighted by molar-refractivity contribution is 6.16. The second kappa shape index (κ2) is 3.30. The van der Waals surface area contributed by atoms with E-state index in [4.69, 9.17) is 0 Å². The Morgan fingerprint density at radius 3 is 1.73 bits per heavy atom. The van der Waals surface area contributed by atoms with Gasteiger partial charge in [0.05, 0.1) is 0 Å². The Morgan fingerprint density at radius 2 is 1.27 bits per heavy atom. The number of carbonyl (C=O) groups excluding carboxylic acids is 4. The molecule has 0 radical (unpaired) electrons. The largest absolute Gasteiger partial charge is 0.273 e. The molecule has 6 heteroatoms. The Balaban J connectivity index is 2.29. The normalized spacial score (nSPS) is 21.9. The van der Waals surface area contributed by atoms with E-state index in [2.05, 4.69) is 0 Å². The first-order chi connectivity index (χ1) is 7.11. The van der Waals surface area contributed by atoms with E-state index >= 15 is 0 Å². The fraction of sp³-hybridized carbons (Fsp3) is 0.333. The number of carbonyl (C=O) groups is 4. The number of hydrogen-bond donors (Lipinski definition) is 0. The molecule has 2 heterocycles. The predicted octanol–water partition coefficient (Wildman–Crippen LogP) is -0.635. The smallest absolute Gasteiger partial charge is 0.273 e. The fourth-order valence-electron chi connectivity index (χ4n) is 1.55. The first kappa shape index (κ1) is 9.57. The van der Waals surface area contributed by atoms with Gasteiger partial charge in [0.2, 0.25) is 11.8 Å². The Bertz CT molecular complexity index is 365. The minimum absolute atomic E-state index is 0.183. The van der Waals surface area contributed by atoms with Crippen molar-refractivity contribution in [2.75, 3.05) is 0 Å².